The van der Waals surface area contributed by atoms with E-state index in [0.717, 1.165) is 6.29 Å². The molecule has 0 unspecified atom stereocenters. The van der Waals surface area contributed by atoms with Crippen LogP contribution < -0.4 is 0 Å². The molecule has 94 valence electrons. The lowest BCUT2D eigenvalue weighted by Gasteiger charge is -2.07. The Morgan fingerprint density at radius 1 is 1.26 bits per heavy atom. The third-order valence-electron chi connectivity index (χ3n) is 2.81. The monoisotopic (exact) mass is 253 g/mol. The van der Waals surface area contributed by atoms with E-state index in [0.29, 0.717) is 22.9 Å². The van der Waals surface area contributed by atoms with Crippen molar-refractivity contribution < 1.29 is 4.79 Å². The van der Waals surface area contributed by atoms with Crippen LogP contribution in [0, 0.1) is 6.92 Å². The van der Waals surface area contributed by atoms with E-state index in [4.69, 9.17) is 0 Å². The Balaban J connectivity index is 2.29. The van der Waals surface area contributed by atoms with Crippen LogP contribution in [0.4, 0.5) is 0 Å². The molecule has 0 aliphatic carbocycles. The molecule has 0 atom stereocenters. The number of aromatic nitrogens is 5. The fraction of sp³-hybridized carbons (Fsp3) is 0.0769. The normalized spacial score (nSPS) is 10.6. The molecule has 3 aromatic heterocycles. The Bertz CT molecular complexity index is 700. The third kappa shape index (κ3) is 1.83. The predicted octanol–water partition coefficient (Wildman–Crippen LogP) is 1.57. The topological polar surface area (TPSA) is 65.6 Å². The molecule has 6 heteroatoms. The molecular formula is C13H11N5O. The van der Waals surface area contributed by atoms with E-state index < -0.39 is 0 Å². The summed E-state index contributed by atoms with van der Waals surface area (Å²) >= 11 is 0. The van der Waals surface area contributed by atoms with Crippen LogP contribution in [-0.2, 0) is 0 Å². The van der Waals surface area contributed by atoms with Crippen LogP contribution in [0.1, 0.15) is 16.1 Å². The van der Waals surface area contributed by atoms with Crippen LogP contribution in [-0.4, -0.2) is 30.6 Å². The first kappa shape index (κ1) is 11.3. The summed E-state index contributed by atoms with van der Waals surface area (Å²) in [6, 6.07) is 5.54. The van der Waals surface area contributed by atoms with Gasteiger partial charge in [-0.15, -0.1) is 0 Å². The van der Waals surface area contributed by atoms with Gasteiger partial charge in [0.05, 0.1) is 11.3 Å². The Morgan fingerprint density at radius 2 is 2.16 bits per heavy atom. The van der Waals surface area contributed by atoms with Gasteiger partial charge in [-0.25, -0.2) is 9.97 Å². The molecule has 0 amide bonds. The standard InChI is InChI=1S/C13H11N5O/c1-10-11(8-19)13(17-7-6-14-9-17)18(16-10)12-4-2-3-5-15-12/h2-9H,1H3. The Hall–Kier alpha value is -2.76. The minimum Gasteiger partial charge on any atom is -0.298 e. The van der Waals surface area contributed by atoms with Crippen molar-refractivity contribution in [3.05, 3.63) is 54.4 Å². The number of carbonyl (C=O) groups excluding carboxylic acids is 1. The van der Waals surface area contributed by atoms with E-state index >= 15 is 0 Å². The summed E-state index contributed by atoms with van der Waals surface area (Å²) in [5, 5.41) is 4.38. The van der Waals surface area contributed by atoms with Crippen molar-refractivity contribution in [2.75, 3.05) is 0 Å². The van der Waals surface area contributed by atoms with Gasteiger partial charge in [0, 0.05) is 18.6 Å². The molecule has 3 aromatic rings. The first-order chi connectivity index (χ1) is 9.31. The van der Waals surface area contributed by atoms with Crippen LogP contribution in [0.2, 0.25) is 0 Å². The number of hydrogen-bond acceptors (Lipinski definition) is 4. The lowest BCUT2D eigenvalue weighted by atomic mass is 10.2. The summed E-state index contributed by atoms with van der Waals surface area (Å²) in [4.78, 5) is 19.5. The molecule has 0 radical (unpaired) electrons. The summed E-state index contributed by atoms with van der Waals surface area (Å²) in [5.74, 6) is 1.30. The number of imidazole rings is 1. The molecule has 6 nitrogen and oxygen atoms in total. The molecule has 19 heavy (non-hydrogen) atoms. The van der Waals surface area contributed by atoms with Crippen molar-refractivity contribution in [1.82, 2.24) is 24.3 Å². The van der Waals surface area contributed by atoms with Crippen molar-refractivity contribution in [3.63, 3.8) is 0 Å². The van der Waals surface area contributed by atoms with Gasteiger partial charge in [0.1, 0.15) is 6.33 Å². The van der Waals surface area contributed by atoms with Gasteiger partial charge < -0.3 is 0 Å². The van der Waals surface area contributed by atoms with Gasteiger partial charge in [-0.1, -0.05) is 6.07 Å². The summed E-state index contributed by atoms with van der Waals surface area (Å²) in [5.41, 5.74) is 1.19. The first-order valence-electron chi connectivity index (χ1n) is 5.76. The Labute approximate surface area is 109 Å². The minimum atomic E-state index is 0.531. The summed E-state index contributed by atoms with van der Waals surface area (Å²) in [6.07, 6.45) is 7.53. The number of carbonyl (C=O) groups is 1. The SMILES string of the molecule is Cc1nn(-c2ccccn2)c(-n2ccnc2)c1C=O. The molecule has 0 saturated carbocycles. The van der Waals surface area contributed by atoms with Crippen molar-refractivity contribution in [3.8, 4) is 11.6 Å². The maximum Gasteiger partial charge on any atom is 0.155 e. The highest BCUT2D eigenvalue weighted by atomic mass is 16.1. The molecule has 0 aliphatic heterocycles. The molecule has 3 rings (SSSR count). The summed E-state index contributed by atoms with van der Waals surface area (Å²) < 4.78 is 3.39. The van der Waals surface area contributed by atoms with Crippen molar-refractivity contribution in [1.29, 1.82) is 0 Å². The molecule has 0 spiro atoms. The van der Waals surface area contributed by atoms with E-state index in [9.17, 15) is 4.79 Å². The maximum atomic E-state index is 11.3. The Morgan fingerprint density at radius 3 is 2.79 bits per heavy atom. The van der Waals surface area contributed by atoms with E-state index in [1.54, 1.807) is 41.1 Å². The number of hydrogen-bond donors (Lipinski definition) is 0. The number of aryl methyl sites for hydroxylation is 1. The number of nitrogens with zero attached hydrogens (tertiary/aromatic N) is 5. The second-order valence-electron chi connectivity index (χ2n) is 4.01. The second-order valence-corrected chi connectivity index (χ2v) is 4.01. The molecule has 0 aliphatic rings. The highest BCUT2D eigenvalue weighted by Crippen LogP contribution is 2.19. The summed E-state index contributed by atoms with van der Waals surface area (Å²) in [6.45, 7) is 1.80. The smallest absolute Gasteiger partial charge is 0.155 e. The number of rotatable bonds is 3. The average Bonchev–Trinajstić information content (AvgIpc) is 3.06. The second kappa shape index (κ2) is 4.49. The first-order valence-corrected chi connectivity index (χ1v) is 5.76. The Kier molecular flexibility index (Phi) is 2.68. The van der Waals surface area contributed by atoms with Crippen LogP contribution in [0.3, 0.4) is 0 Å². The van der Waals surface area contributed by atoms with Gasteiger partial charge in [0.2, 0.25) is 0 Å². The van der Waals surface area contributed by atoms with Crippen LogP contribution in [0.25, 0.3) is 11.6 Å². The van der Waals surface area contributed by atoms with Gasteiger partial charge in [-0.2, -0.15) is 9.78 Å². The van der Waals surface area contributed by atoms with Crippen LogP contribution >= 0.6 is 0 Å². The fourth-order valence-corrected chi connectivity index (χ4v) is 1.94. The molecule has 3 heterocycles. The van der Waals surface area contributed by atoms with E-state index in [1.165, 1.54) is 0 Å². The van der Waals surface area contributed by atoms with Crippen molar-refractivity contribution >= 4 is 6.29 Å². The zero-order valence-corrected chi connectivity index (χ0v) is 10.3. The lowest BCUT2D eigenvalue weighted by molar-refractivity contribution is 0.112. The molecular weight excluding hydrogens is 242 g/mol. The highest BCUT2D eigenvalue weighted by Gasteiger charge is 2.17. The molecule has 0 bridgehead atoms. The van der Waals surface area contributed by atoms with Crippen molar-refractivity contribution in [2.24, 2.45) is 0 Å². The van der Waals surface area contributed by atoms with Gasteiger partial charge in [-0.3, -0.25) is 9.36 Å². The van der Waals surface area contributed by atoms with Gasteiger partial charge in [0.25, 0.3) is 0 Å². The predicted molar refractivity (Wildman–Crippen MR) is 68.6 cm³/mol. The number of pyridine rings is 1. The highest BCUT2D eigenvalue weighted by molar-refractivity contribution is 5.82. The van der Waals surface area contributed by atoms with Gasteiger partial charge in [0.15, 0.2) is 17.9 Å². The van der Waals surface area contributed by atoms with E-state index in [1.807, 2.05) is 18.2 Å². The van der Waals surface area contributed by atoms with Gasteiger partial charge >= 0.3 is 0 Å². The maximum absolute atomic E-state index is 11.3. The lowest BCUT2D eigenvalue weighted by Crippen LogP contribution is -2.07. The molecule has 0 saturated heterocycles. The third-order valence-corrected chi connectivity index (χ3v) is 2.81. The van der Waals surface area contributed by atoms with Crippen LogP contribution in [0.5, 0.6) is 0 Å². The van der Waals surface area contributed by atoms with E-state index in [2.05, 4.69) is 15.1 Å². The minimum absolute atomic E-state index is 0.531. The van der Waals surface area contributed by atoms with Crippen molar-refractivity contribution in [2.45, 2.75) is 6.92 Å². The van der Waals surface area contributed by atoms with Gasteiger partial charge in [-0.05, 0) is 19.1 Å². The quantitative estimate of drug-likeness (QED) is 0.665. The number of aldehydes is 1. The zero-order chi connectivity index (χ0) is 13.2. The molecule has 0 N–H and O–H groups in total. The molecule has 0 fully saturated rings. The van der Waals surface area contributed by atoms with Crippen LogP contribution in [0.15, 0.2) is 43.1 Å². The summed E-state index contributed by atoms with van der Waals surface area (Å²) in [7, 11) is 0. The fourth-order valence-electron chi connectivity index (χ4n) is 1.94. The largest absolute Gasteiger partial charge is 0.298 e. The zero-order valence-electron chi connectivity index (χ0n) is 10.3. The van der Waals surface area contributed by atoms with E-state index in [-0.39, 0.29) is 0 Å². The molecule has 0 aromatic carbocycles. The average molecular weight is 253 g/mol.